The van der Waals surface area contributed by atoms with Gasteiger partial charge >= 0.3 is 0 Å². The second kappa shape index (κ2) is 19.8. The molecule has 3 amide bonds. The van der Waals surface area contributed by atoms with E-state index in [1.54, 1.807) is 53.4 Å². The summed E-state index contributed by atoms with van der Waals surface area (Å²) in [7, 11) is 4.50. The van der Waals surface area contributed by atoms with Crippen LogP contribution in [-0.2, 0) is 31.0 Å². The molecule has 2 N–H and O–H groups in total. The minimum Gasteiger partial charge on any atom is -0.497 e. The highest BCUT2D eigenvalue weighted by atomic mass is 35.5. The fourth-order valence-corrected chi connectivity index (χ4v) is 8.57. The van der Waals surface area contributed by atoms with Gasteiger partial charge < -0.3 is 39.4 Å². The van der Waals surface area contributed by atoms with Gasteiger partial charge in [-0.1, -0.05) is 23.7 Å². The van der Waals surface area contributed by atoms with Crippen LogP contribution in [0.5, 0.6) is 23.0 Å². The molecule has 19 heteroatoms. The molecule has 7 aromatic rings. The summed E-state index contributed by atoms with van der Waals surface area (Å²) in [5, 5.41) is 5.91. The van der Waals surface area contributed by atoms with E-state index in [0.29, 0.717) is 45.5 Å². The zero-order chi connectivity index (χ0) is 49.2. The van der Waals surface area contributed by atoms with Gasteiger partial charge in [0.25, 0.3) is 11.8 Å². The molecular weight excluding hydrogens is 934 g/mol. The quantitative estimate of drug-likeness (QED) is 0.0889. The molecule has 14 nitrogen and oxygen atoms in total. The van der Waals surface area contributed by atoms with Crippen molar-refractivity contribution < 1.29 is 50.9 Å². The molecule has 3 aromatic heterocycles. The maximum Gasteiger partial charge on any atom is 0.258 e. The monoisotopic (exact) mass is 973 g/mol. The topological polar surface area (TPSA) is 157 Å². The Bertz CT molecular complexity index is 3180. The Labute approximate surface area is 402 Å². The molecular formula is C51H40ClF4N7O7. The number of aromatic nitrogens is 3. The van der Waals surface area contributed by atoms with Gasteiger partial charge in [0, 0.05) is 23.3 Å². The number of benzene rings is 4. The minimum absolute atomic E-state index is 0.00912. The highest BCUT2D eigenvalue weighted by Gasteiger charge is 2.35. The van der Waals surface area contributed by atoms with Gasteiger partial charge in [-0.2, -0.15) is 0 Å². The number of rotatable bonds is 16. The van der Waals surface area contributed by atoms with Crippen molar-refractivity contribution in [3.05, 3.63) is 165 Å². The fourth-order valence-electron chi connectivity index (χ4n) is 8.27. The van der Waals surface area contributed by atoms with E-state index in [1.165, 1.54) is 56.7 Å². The van der Waals surface area contributed by atoms with Crippen LogP contribution in [0.2, 0.25) is 5.02 Å². The van der Waals surface area contributed by atoms with E-state index in [2.05, 4.69) is 25.6 Å². The first-order valence-corrected chi connectivity index (χ1v) is 21.9. The van der Waals surface area contributed by atoms with Crippen LogP contribution in [0.25, 0.3) is 22.5 Å². The zero-order valence-electron chi connectivity index (χ0n) is 37.5. The Morgan fingerprint density at radius 1 is 0.657 bits per heavy atom. The van der Waals surface area contributed by atoms with Crippen LogP contribution in [0.15, 0.2) is 103 Å². The smallest absolute Gasteiger partial charge is 0.258 e. The van der Waals surface area contributed by atoms with Crippen LogP contribution in [0.3, 0.4) is 0 Å². The standard InChI is InChI=1S/C51H40ClF4N7O7/c1-67-30-13-10-27(42(18-30)68-2)24-63-26-41-49(51(63)66)39(21-38(60-41)48-35(55)8-5-9-36(48)56)61-44-15-12-29(22-57-44)58-45(64)16-17-70-31-14-11-28(43(19-31)69-3)23-62-25-40-46(50(62)65)32(52)20-37(59-40)47-33(53)6-4-7-34(47)54/h4-15,18-22H,16-17,23-26H2,1-3H3,(H,58,64)(H,57,60,61). The molecule has 0 saturated carbocycles. The van der Waals surface area contributed by atoms with Crippen LogP contribution in [0.1, 0.15) is 49.7 Å². The number of nitrogens with one attached hydrogen (secondary N) is 2. The molecule has 0 aliphatic carbocycles. The molecule has 0 spiro atoms. The number of carbonyl (C=O) groups excluding carboxylic acids is 3. The second-order valence-corrected chi connectivity index (χ2v) is 16.5. The number of fused-ring (bicyclic) bond motifs is 2. The lowest BCUT2D eigenvalue weighted by atomic mass is 10.1. The van der Waals surface area contributed by atoms with Crippen molar-refractivity contribution in [1.29, 1.82) is 0 Å². The molecule has 356 valence electrons. The van der Waals surface area contributed by atoms with Crippen molar-refractivity contribution in [3.8, 4) is 45.5 Å². The predicted octanol–water partition coefficient (Wildman–Crippen LogP) is 9.90. The molecule has 0 radical (unpaired) electrons. The molecule has 0 unspecified atom stereocenters. The Kier molecular flexibility index (Phi) is 13.2. The summed E-state index contributed by atoms with van der Waals surface area (Å²) in [5.74, 6) is -2.28. The van der Waals surface area contributed by atoms with Gasteiger partial charge in [-0.3, -0.25) is 14.4 Å². The average Bonchev–Trinajstić information content (AvgIpc) is 3.83. The molecule has 0 saturated heterocycles. The summed E-state index contributed by atoms with van der Waals surface area (Å²) < 4.78 is 81.6. The predicted molar refractivity (Wildman–Crippen MR) is 250 cm³/mol. The first kappa shape index (κ1) is 46.8. The fraction of sp³-hybridized carbons (Fsp3) is 0.176. The molecule has 9 rings (SSSR count). The van der Waals surface area contributed by atoms with Crippen molar-refractivity contribution in [2.75, 3.05) is 38.6 Å². The zero-order valence-corrected chi connectivity index (χ0v) is 38.3. The first-order chi connectivity index (χ1) is 33.8. The normalized spacial score (nSPS) is 12.7. The summed E-state index contributed by atoms with van der Waals surface area (Å²) in [6.45, 7) is 0.317. The summed E-state index contributed by atoms with van der Waals surface area (Å²) in [6.07, 6.45) is 1.36. The summed E-state index contributed by atoms with van der Waals surface area (Å²) in [6, 6.07) is 23.1. The number of halogens is 5. The van der Waals surface area contributed by atoms with Crippen molar-refractivity contribution in [3.63, 3.8) is 0 Å². The van der Waals surface area contributed by atoms with Gasteiger partial charge in [-0.15, -0.1) is 0 Å². The first-order valence-electron chi connectivity index (χ1n) is 21.6. The van der Waals surface area contributed by atoms with Crippen LogP contribution >= 0.6 is 11.6 Å². The van der Waals surface area contributed by atoms with Crippen molar-refractivity contribution in [1.82, 2.24) is 24.8 Å². The third-order valence-electron chi connectivity index (χ3n) is 11.6. The van der Waals surface area contributed by atoms with Gasteiger partial charge in [-0.05, 0) is 72.8 Å². The molecule has 70 heavy (non-hydrogen) atoms. The Hall–Kier alpha value is -8.25. The molecule has 0 atom stereocenters. The van der Waals surface area contributed by atoms with E-state index in [0.717, 1.165) is 24.3 Å². The lowest BCUT2D eigenvalue weighted by Gasteiger charge is -2.18. The van der Waals surface area contributed by atoms with Crippen molar-refractivity contribution >= 4 is 46.5 Å². The van der Waals surface area contributed by atoms with Crippen LogP contribution in [0, 0.1) is 23.3 Å². The van der Waals surface area contributed by atoms with Crippen molar-refractivity contribution in [2.45, 2.75) is 32.6 Å². The Balaban J connectivity index is 0.828. The number of nitrogens with zero attached hydrogens (tertiary/aromatic N) is 5. The maximum atomic E-state index is 15.1. The van der Waals surface area contributed by atoms with Crippen molar-refractivity contribution in [2.24, 2.45) is 0 Å². The number of ether oxygens (including phenoxy) is 4. The molecule has 0 fully saturated rings. The van der Waals surface area contributed by atoms with E-state index >= 15 is 8.78 Å². The SMILES string of the molecule is COc1ccc(CN2Cc3nc(-c4c(F)cccc4F)cc(Nc4ccc(NC(=O)CCOc5ccc(CN6Cc7nc(-c8c(F)cccc8F)cc(Cl)c7C6=O)c(OC)c5)cn4)c3C2=O)c(OC)c1. The van der Waals surface area contributed by atoms with Gasteiger partial charge in [0.2, 0.25) is 5.91 Å². The largest absolute Gasteiger partial charge is 0.497 e. The van der Waals surface area contributed by atoms with E-state index in [1.807, 2.05) is 0 Å². The van der Waals surface area contributed by atoms with E-state index in [9.17, 15) is 23.2 Å². The molecule has 2 aliphatic rings. The molecule has 5 heterocycles. The van der Waals surface area contributed by atoms with Crippen LogP contribution in [-0.4, -0.2) is 70.4 Å². The van der Waals surface area contributed by atoms with Gasteiger partial charge in [-0.25, -0.2) is 32.5 Å². The molecule has 0 bridgehead atoms. The second-order valence-electron chi connectivity index (χ2n) is 16.1. The van der Waals surface area contributed by atoms with Gasteiger partial charge in [0.15, 0.2) is 0 Å². The number of anilines is 3. The number of hydrogen-bond acceptors (Lipinski definition) is 11. The highest BCUT2D eigenvalue weighted by Crippen LogP contribution is 2.39. The van der Waals surface area contributed by atoms with Gasteiger partial charge in [0.05, 0.1) is 128 Å². The Morgan fingerprint density at radius 2 is 1.20 bits per heavy atom. The lowest BCUT2D eigenvalue weighted by molar-refractivity contribution is -0.116. The summed E-state index contributed by atoms with van der Waals surface area (Å²) in [5.41, 5.74) is 2.10. The minimum atomic E-state index is -0.825. The number of hydrogen-bond donors (Lipinski definition) is 2. The van der Waals surface area contributed by atoms with Gasteiger partial charge in [0.1, 0.15) is 52.1 Å². The van der Waals surface area contributed by atoms with E-state index in [4.69, 9.17) is 30.5 Å². The number of pyridine rings is 3. The lowest BCUT2D eigenvalue weighted by Crippen LogP contribution is -2.24. The third-order valence-corrected chi connectivity index (χ3v) is 11.9. The molecule has 4 aromatic carbocycles. The van der Waals surface area contributed by atoms with Crippen LogP contribution < -0.4 is 29.6 Å². The highest BCUT2D eigenvalue weighted by molar-refractivity contribution is 6.34. The molecule has 2 aliphatic heterocycles. The third kappa shape index (κ3) is 9.45. The van der Waals surface area contributed by atoms with E-state index < -0.39 is 29.2 Å². The summed E-state index contributed by atoms with van der Waals surface area (Å²) >= 11 is 6.46. The van der Waals surface area contributed by atoms with E-state index in [-0.39, 0.29) is 107 Å². The number of methoxy groups -OCH3 is 3. The number of carbonyl (C=O) groups is 3. The van der Waals surface area contributed by atoms with Crippen LogP contribution in [0.4, 0.5) is 34.8 Å². The summed E-state index contributed by atoms with van der Waals surface area (Å²) in [4.78, 5) is 56.8. The average molecular weight is 974 g/mol. The maximum absolute atomic E-state index is 15.1. The Morgan fingerprint density at radius 3 is 1.76 bits per heavy atom. The number of amides is 3.